The van der Waals surface area contributed by atoms with Crippen LogP contribution in [0.25, 0.3) is 0 Å². The summed E-state index contributed by atoms with van der Waals surface area (Å²) in [6, 6.07) is -0.128. The van der Waals surface area contributed by atoms with E-state index in [9.17, 15) is 4.79 Å². The van der Waals surface area contributed by atoms with Crippen LogP contribution >= 0.6 is 12.4 Å². The van der Waals surface area contributed by atoms with Crippen LogP contribution in [0.3, 0.4) is 0 Å². The average molecular weight is 333 g/mol. The van der Waals surface area contributed by atoms with E-state index in [-0.39, 0.29) is 36.3 Å². The van der Waals surface area contributed by atoms with Crippen LogP contribution in [0.2, 0.25) is 0 Å². The Morgan fingerprint density at radius 1 is 1.18 bits per heavy atom. The second kappa shape index (κ2) is 10.5. The van der Waals surface area contributed by atoms with Crippen molar-refractivity contribution in [3.8, 4) is 0 Å². The van der Waals surface area contributed by atoms with Gasteiger partial charge in [0.2, 0.25) is 5.91 Å². The van der Waals surface area contributed by atoms with Gasteiger partial charge in [0.15, 0.2) is 0 Å². The first-order valence-electron chi connectivity index (χ1n) is 8.80. The highest BCUT2D eigenvalue weighted by molar-refractivity contribution is 5.85. The van der Waals surface area contributed by atoms with Crippen molar-refractivity contribution in [2.24, 2.45) is 17.6 Å². The SMILES string of the molecule is CC(CCC1CCCCC1)NC(=O)C(N)C1CCOCC1.Cl. The number of hydrogen-bond donors (Lipinski definition) is 2. The first-order chi connectivity index (χ1) is 10.2. The highest BCUT2D eigenvalue weighted by Gasteiger charge is 2.27. The Kier molecular flexibility index (Phi) is 9.37. The van der Waals surface area contributed by atoms with Crippen LogP contribution in [0.1, 0.15) is 64.7 Å². The molecular formula is C17H33ClN2O2. The van der Waals surface area contributed by atoms with Gasteiger partial charge in [0.05, 0.1) is 6.04 Å². The minimum atomic E-state index is -0.369. The molecule has 1 heterocycles. The molecule has 2 unspecified atom stereocenters. The molecule has 0 spiro atoms. The van der Waals surface area contributed by atoms with Gasteiger partial charge in [0.1, 0.15) is 0 Å². The predicted molar refractivity (Wildman–Crippen MR) is 92.2 cm³/mol. The summed E-state index contributed by atoms with van der Waals surface area (Å²) < 4.78 is 5.33. The van der Waals surface area contributed by atoms with Crippen molar-refractivity contribution in [2.75, 3.05) is 13.2 Å². The van der Waals surface area contributed by atoms with Gasteiger partial charge in [0.25, 0.3) is 0 Å². The monoisotopic (exact) mass is 332 g/mol. The molecule has 2 rings (SSSR count). The highest BCUT2D eigenvalue weighted by atomic mass is 35.5. The molecule has 22 heavy (non-hydrogen) atoms. The predicted octanol–water partition coefficient (Wildman–Crippen LogP) is 3.03. The fraction of sp³-hybridized carbons (Fsp3) is 0.941. The Labute approximate surface area is 141 Å². The summed E-state index contributed by atoms with van der Waals surface area (Å²) in [6.45, 7) is 3.59. The molecule has 1 saturated heterocycles. The van der Waals surface area contributed by atoms with E-state index in [0.29, 0.717) is 0 Å². The molecule has 1 saturated carbocycles. The quantitative estimate of drug-likeness (QED) is 0.785. The molecule has 2 aliphatic rings. The van der Waals surface area contributed by atoms with Gasteiger partial charge in [-0.25, -0.2) is 0 Å². The molecular weight excluding hydrogens is 300 g/mol. The number of amides is 1. The van der Waals surface area contributed by atoms with E-state index in [1.165, 1.54) is 38.5 Å². The number of rotatable bonds is 6. The Balaban J connectivity index is 0.00000242. The molecule has 130 valence electrons. The van der Waals surface area contributed by atoms with E-state index in [1.807, 2.05) is 0 Å². The fourth-order valence-corrected chi connectivity index (χ4v) is 3.66. The third-order valence-corrected chi connectivity index (χ3v) is 5.20. The van der Waals surface area contributed by atoms with Crippen LogP contribution in [-0.2, 0) is 9.53 Å². The van der Waals surface area contributed by atoms with Crippen LogP contribution in [0.5, 0.6) is 0 Å². The molecule has 0 aromatic carbocycles. The van der Waals surface area contributed by atoms with E-state index >= 15 is 0 Å². The van der Waals surface area contributed by atoms with Gasteiger partial charge in [-0.2, -0.15) is 0 Å². The van der Waals surface area contributed by atoms with Crippen LogP contribution < -0.4 is 11.1 Å². The van der Waals surface area contributed by atoms with Crippen molar-refractivity contribution in [1.29, 1.82) is 0 Å². The number of nitrogens with two attached hydrogens (primary N) is 1. The van der Waals surface area contributed by atoms with Gasteiger partial charge in [-0.05, 0) is 44.4 Å². The summed E-state index contributed by atoms with van der Waals surface area (Å²) in [7, 11) is 0. The second-order valence-corrected chi connectivity index (χ2v) is 6.97. The van der Waals surface area contributed by atoms with Crippen molar-refractivity contribution >= 4 is 18.3 Å². The van der Waals surface area contributed by atoms with E-state index < -0.39 is 0 Å². The Morgan fingerprint density at radius 2 is 1.82 bits per heavy atom. The molecule has 0 aromatic rings. The van der Waals surface area contributed by atoms with Crippen molar-refractivity contribution in [2.45, 2.75) is 76.8 Å². The van der Waals surface area contributed by atoms with Crippen LogP contribution in [-0.4, -0.2) is 31.2 Å². The van der Waals surface area contributed by atoms with E-state index in [1.54, 1.807) is 0 Å². The summed E-state index contributed by atoms with van der Waals surface area (Å²) in [5.41, 5.74) is 6.11. The summed E-state index contributed by atoms with van der Waals surface area (Å²) in [5.74, 6) is 1.18. The summed E-state index contributed by atoms with van der Waals surface area (Å²) in [4.78, 5) is 12.2. The van der Waals surface area contributed by atoms with E-state index in [2.05, 4.69) is 12.2 Å². The zero-order valence-electron chi connectivity index (χ0n) is 13.9. The zero-order valence-corrected chi connectivity index (χ0v) is 14.7. The maximum Gasteiger partial charge on any atom is 0.237 e. The van der Waals surface area contributed by atoms with Crippen LogP contribution in [0, 0.1) is 11.8 Å². The maximum atomic E-state index is 12.2. The topological polar surface area (TPSA) is 64.4 Å². The smallest absolute Gasteiger partial charge is 0.237 e. The van der Waals surface area contributed by atoms with E-state index in [4.69, 9.17) is 10.5 Å². The molecule has 0 radical (unpaired) electrons. The maximum absolute atomic E-state index is 12.2. The second-order valence-electron chi connectivity index (χ2n) is 6.97. The van der Waals surface area contributed by atoms with Crippen molar-refractivity contribution < 1.29 is 9.53 Å². The molecule has 3 N–H and O–H groups in total. The number of nitrogens with one attached hydrogen (secondary N) is 1. The summed E-state index contributed by atoms with van der Waals surface area (Å²) in [5, 5.41) is 3.11. The number of carbonyl (C=O) groups is 1. The lowest BCUT2D eigenvalue weighted by atomic mass is 9.85. The molecule has 0 bridgehead atoms. The minimum Gasteiger partial charge on any atom is -0.381 e. The lowest BCUT2D eigenvalue weighted by Crippen LogP contribution is -2.49. The highest BCUT2D eigenvalue weighted by Crippen LogP contribution is 2.27. The van der Waals surface area contributed by atoms with Crippen molar-refractivity contribution in [3.63, 3.8) is 0 Å². The number of hydrogen-bond acceptors (Lipinski definition) is 3. The normalized spacial score (nSPS) is 23.4. The average Bonchev–Trinajstić information content (AvgIpc) is 2.54. The third-order valence-electron chi connectivity index (χ3n) is 5.20. The molecule has 5 heteroatoms. The molecule has 0 aromatic heterocycles. The van der Waals surface area contributed by atoms with Crippen molar-refractivity contribution in [1.82, 2.24) is 5.32 Å². The zero-order chi connectivity index (χ0) is 15.1. The number of halogens is 1. The van der Waals surface area contributed by atoms with Gasteiger partial charge < -0.3 is 15.8 Å². The first kappa shape index (κ1) is 19.7. The first-order valence-corrected chi connectivity index (χ1v) is 8.80. The fourth-order valence-electron chi connectivity index (χ4n) is 3.66. The Bertz CT molecular complexity index is 316. The van der Waals surface area contributed by atoms with Gasteiger partial charge in [0, 0.05) is 19.3 Å². The van der Waals surface area contributed by atoms with Crippen LogP contribution in [0.15, 0.2) is 0 Å². The largest absolute Gasteiger partial charge is 0.381 e. The molecule has 2 atom stereocenters. The molecule has 1 aliphatic carbocycles. The molecule has 1 aliphatic heterocycles. The Hall–Kier alpha value is -0.320. The van der Waals surface area contributed by atoms with E-state index in [0.717, 1.165) is 38.4 Å². The lowest BCUT2D eigenvalue weighted by Gasteiger charge is -2.28. The van der Waals surface area contributed by atoms with Gasteiger partial charge >= 0.3 is 0 Å². The minimum absolute atomic E-state index is 0. The van der Waals surface area contributed by atoms with Crippen LogP contribution in [0.4, 0.5) is 0 Å². The standard InChI is InChI=1S/C17H32N2O2.ClH/c1-13(7-8-14-5-3-2-4-6-14)19-17(20)16(18)15-9-11-21-12-10-15;/h13-16H,2-12,18H2,1H3,(H,19,20);1H. The van der Waals surface area contributed by atoms with Crippen molar-refractivity contribution in [3.05, 3.63) is 0 Å². The summed E-state index contributed by atoms with van der Waals surface area (Å²) in [6.07, 6.45) is 11.1. The Morgan fingerprint density at radius 3 is 2.45 bits per heavy atom. The molecule has 1 amide bonds. The lowest BCUT2D eigenvalue weighted by molar-refractivity contribution is -0.125. The number of ether oxygens (including phenoxy) is 1. The third kappa shape index (κ3) is 6.43. The molecule has 2 fully saturated rings. The molecule has 4 nitrogen and oxygen atoms in total. The summed E-state index contributed by atoms with van der Waals surface area (Å²) >= 11 is 0. The van der Waals surface area contributed by atoms with Gasteiger partial charge in [-0.1, -0.05) is 32.1 Å². The number of carbonyl (C=O) groups excluding carboxylic acids is 1. The van der Waals surface area contributed by atoms with Gasteiger partial charge in [-0.15, -0.1) is 12.4 Å². The van der Waals surface area contributed by atoms with Gasteiger partial charge in [-0.3, -0.25) is 4.79 Å².